The van der Waals surface area contributed by atoms with Crippen molar-refractivity contribution >= 4 is 20.7 Å². The average molecular weight is 445 g/mol. The Labute approximate surface area is 170 Å². The van der Waals surface area contributed by atoms with E-state index in [0.717, 1.165) is 0 Å². The molecule has 0 radical (unpaired) electrons. The molecule has 12 heteroatoms. The number of ketones is 1. The molecule has 4 unspecified atom stereocenters. The molecule has 11 nitrogen and oxygen atoms in total. The van der Waals surface area contributed by atoms with Gasteiger partial charge in [0.25, 0.3) is 17.4 Å². The molecule has 166 valence electrons. The third kappa shape index (κ3) is 2.07. The van der Waals surface area contributed by atoms with Gasteiger partial charge in [-0.05, 0) is 25.1 Å². The zero-order chi connectivity index (χ0) is 22.6. The second kappa shape index (κ2) is 5.66. The van der Waals surface area contributed by atoms with Crippen molar-refractivity contribution in [2.45, 2.75) is 46.3 Å². The molecule has 0 saturated heterocycles. The number of nitrogens with two attached hydrogens (primary N) is 1. The van der Waals surface area contributed by atoms with Crippen LogP contribution in [0.25, 0.3) is 0 Å². The zero-order valence-corrected chi connectivity index (χ0v) is 16.4. The predicted octanol–water partition coefficient (Wildman–Crippen LogP) is -4.41. The maximum absolute atomic E-state index is 13.8. The summed E-state index contributed by atoms with van der Waals surface area (Å²) in [7, 11) is -3.55. The minimum Gasteiger partial charge on any atom is -0.383 e. The fourth-order valence-corrected chi connectivity index (χ4v) is 8.16. The van der Waals surface area contributed by atoms with Crippen LogP contribution in [0.1, 0.15) is 23.2 Å². The molecule has 2 fully saturated rings. The maximum atomic E-state index is 13.8. The normalized spacial score (nSPS) is 42.0. The molecule has 1 aromatic rings. The number of rotatable bonds is 4. The van der Waals surface area contributed by atoms with Crippen LogP contribution in [0.4, 0.5) is 0 Å². The van der Waals surface area contributed by atoms with Crippen molar-refractivity contribution < 1.29 is 49.9 Å². The monoisotopic (exact) mass is 445 g/mol. The number of Topliss-reactive ketones (excluding diaryl/α,β-unsaturated/α-hetero) is 1. The van der Waals surface area contributed by atoms with Crippen molar-refractivity contribution in [1.29, 1.82) is 0 Å². The SMILES string of the molecule is NCCC(=O)c1cccc(S2(=O)=CC3(O)C(O)(O)C(O)(O)C(O)(O)C4(O)CC34C2)c1. The summed E-state index contributed by atoms with van der Waals surface area (Å²) < 4.78 is 13.8. The van der Waals surface area contributed by atoms with Gasteiger partial charge in [0.05, 0.1) is 5.41 Å². The first kappa shape index (κ1) is 21.8. The third-order valence-corrected chi connectivity index (χ3v) is 9.48. The number of hydrogen-bond donors (Lipinski definition) is 9. The van der Waals surface area contributed by atoms with Crippen molar-refractivity contribution in [2.75, 3.05) is 12.3 Å². The van der Waals surface area contributed by atoms with Crippen molar-refractivity contribution in [2.24, 2.45) is 11.1 Å². The van der Waals surface area contributed by atoms with Gasteiger partial charge in [0, 0.05) is 37.5 Å². The van der Waals surface area contributed by atoms with E-state index in [2.05, 4.69) is 0 Å². The van der Waals surface area contributed by atoms with Gasteiger partial charge >= 0.3 is 0 Å². The second-order valence-electron chi connectivity index (χ2n) is 8.38. The molecule has 0 bridgehead atoms. The summed E-state index contributed by atoms with van der Waals surface area (Å²) in [5.74, 6) is -13.1. The van der Waals surface area contributed by atoms with Gasteiger partial charge in [-0.15, -0.1) is 0 Å². The Morgan fingerprint density at radius 2 is 1.63 bits per heavy atom. The minimum absolute atomic E-state index is 0.00409. The van der Waals surface area contributed by atoms with Crippen LogP contribution in [0.15, 0.2) is 29.2 Å². The first-order valence-corrected chi connectivity index (χ1v) is 10.9. The highest BCUT2D eigenvalue weighted by molar-refractivity contribution is 8.01. The smallest absolute Gasteiger partial charge is 0.280 e. The highest BCUT2D eigenvalue weighted by atomic mass is 32.2. The fraction of sp³-hybridized carbons (Fsp3) is 0.556. The van der Waals surface area contributed by atoms with Crippen LogP contribution in [0.5, 0.6) is 0 Å². The highest BCUT2D eigenvalue weighted by Gasteiger charge is 2.98. The van der Waals surface area contributed by atoms with E-state index in [9.17, 15) is 49.9 Å². The molecule has 1 aromatic carbocycles. The lowest BCUT2D eigenvalue weighted by Gasteiger charge is -2.56. The molecular formula is C18H23NO10S. The van der Waals surface area contributed by atoms with Gasteiger partial charge in [0.1, 0.15) is 5.60 Å². The molecule has 30 heavy (non-hydrogen) atoms. The van der Waals surface area contributed by atoms with Gasteiger partial charge in [0.2, 0.25) is 0 Å². The van der Waals surface area contributed by atoms with E-state index in [1.165, 1.54) is 24.3 Å². The van der Waals surface area contributed by atoms with E-state index < -0.39 is 55.7 Å². The van der Waals surface area contributed by atoms with Crippen LogP contribution in [0.3, 0.4) is 0 Å². The Morgan fingerprint density at radius 3 is 2.23 bits per heavy atom. The number of carbonyl (C=O) groups excluding carboxylic acids is 1. The Morgan fingerprint density at radius 1 is 1.00 bits per heavy atom. The lowest BCUT2D eigenvalue weighted by Crippen LogP contribution is -2.86. The Kier molecular flexibility index (Phi) is 4.11. The number of aliphatic hydroxyl groups is 8. The molecule has 4 rings (SSSR count). The van der Waals surface area contributed by atoms with Gasteiger partial charge in [0.15, 0.2) is 11.4 Å². The zero-order valence-electron chi connectivity index (χ0n) is 15.6. The van der Waals surface area contributed by atoms with Crippen LogP contribution >= 0.6 is 0 Å². The van der Waals surface area contributed by atoms with Crippen LogP contribution in [0, 0.1) is 5.41 Å². The summed E-state index contributed by atoms with van der Waals surface area (Å²) in [5.41, 5.74) is -2.54. The summed E-state index contributed by atoms with van der Waals surface area (Å²) in [6.45, 7) is 0.0855. The fourth-order valence-electron chi connectivity index (χ4n) is 4.90. The highest BCUT2D eigenvalue weighted by Crippen LogP contribution is 2.76. The summed E-state index contributed by atoms with van der Waals surface area (Å²) in [6.07, 6.45) is -0.692. The van der Waals surface area contributed by atoms with Gasteiger partial charge in [-0.3, -0.25) is 9.00 Å². The molecule has 2 aliphatic carbocycles. The Hall–Kier alpha value is -1.45. The van der Waals surface area contributed by atoms with Gasteiger partial charge in [-0.25, -0.2) is 0 Å². The van der Waals surface area contributed by atoms with E-state index in [-0.39, 0.29) is 29.2 Å². The topological polar surface area (TPSA) is 222 Å². The Bertz CT molecular complexity index is 1070. The third-order valence-electron chi connectivity index (χ3n) is 6.78. The standard InChI is InChI=1S/C18H23NO10S/c19-5-4-12(20)10-2-1-3-11(6-10)30(29)8-13-7-14(13,21)16(23,24)18(27,28)17(25,26)15(13,22)9-30/h1-3,6,9,21-28H,4-5,7-8,19H2. The quantitative estimate of drug-likeness (QED) is 0.122. The van der Waals surface area contributed by atoms with E-state index in [1.54, 1.807) is 0 Å². The largest absolute Gasteiger partial charge is 0.383 e. The summed E-state index contributed by atoms with van der Waals surface area (Å²) in [5, 5.41) is 83.8. The molecule has 1 heterocycles. The van der Waals surface area contributed by atoms with Crippen LogP contribution in [-0.2, 0) is 9.52 Å². The molecular weight excluding hydrogens is 422 g/mol. The van der Waals surface area contributed by atoms with Gasteiger partial charge in [-0.1, -0.05) is 12.1 Å². The van der Waals surface area contributed by atoms with Crippen molar-refractivity contribution in [3.63, 3.8) is 0 Å². The van der Waals surface area contributed by atoms with Crippen molar-refractivity contribution in [1.82, 2.24) is 0 Å². The van der Waals surface area contributed by atoms with Crippen LogP contribution in [-0.4, -0.2) is 97.1 Å². The number of benzene rings is 1. The van der Waals surface area contributed by atoms with E-state index in [4.69, 9.17) is 5.73 Å². The van der Waals surface area contributed by atoms with Crippen molar-refractivity contribution in [3.05, 3.63) is 29.8 Å². The lowest BCUT2D eigenvalue weighted by molar-refractivity contribution is -0.514. The molecule has 1 aliphatic heterocycles. The van der Waals surface area contributed by atoms with Crippen LogP contribution in [0.2, 0.25) is 0 Å². The van der Waals surface area contributed by atoms with E-state index in [0.29, 0.717) is 5.37 Å². The Balaban J connectivity index is 1.90. The lowest BCUT2D eigenvalue weighted by atomic mass is 9.65. The molecule has 10 N–H and O–H groups in total. The summed E-state index contributed by atoms with van der Waals surface area (Å²) in [4.78, 5) is 12.1. The molecule has 3 aliphatic rings. The minimum atomic E-state index is -4.20. The molecule has 0 amide bonds. The maximum Gasteiger partial charge on any atom is 0.280 e. The van der Waals surface area contributed by atoms with Crippen molar-refractivity contribution in [3.8, 4) is 0 Å². The number of carbonyl (C=O) groups is 1. The average Bonchev–Trinajstić information content (AvgIpc) is 3.19. The summed E-state index contributed by atoms with van der Waals surface area (Å²) >= 11 is 0. The molecule has 2 saturated carbocycles. The summed E-state index contributed by atoms with van der Waals surface area (Å²) in [6, 6.07) is 5.48. The van der Waals surface area contributed by atoms with E-state index in [1.807, 2.05) is 0 Å². The van der Waals surface area contributed by atoms with Crippen LogP contribution < -0.4 is 5.73 Å². The molecule has 1 spiro atoms. The number of hydrogen-bond acceptors (Lipinski definition) is 11. The first-order chi connectivity index (χ1) is 13.6. The second-order valence-corrected chi connectivity index (χ2v) is 10.8. The molecule has 0 aromatic heterocycles. The van der Waals surface area contributed by atoms with Gasteiger partial charge < -0.3 is 46.6 Å². The van der Waals surface area contributed by atoms with E-state index >= 15 is 0 Å². The van der Waals surface area contributed by atoms with Gasteiger partial charge in [-0.2, -0.15) is 0 Å². The molecule has 4 atom stereocenters. The predicted molar refractivity (Wildman–Crippen MR) is 100 cm³/mol. The first-order valence-electron chi connectivity index (χ1n) is 9.07.